The van der Waals surface area contributed by atoms with Gasteiger partial charge in [-0.1, -0.05) is 54.6 Å². The quantitative estimate of drug-likeness (QED) is 0.456. The minimum absolute atomic E-state index is 0.166. The molecule has 0 unspecified atom stereocenters. The first-order valence-corrected chi connectivity index (χ1v) is 9.58. The van der Waals surface area contributed by atoms with E-state index in [0.29, 0.717) is 23.7 Å². The summed E-state index contributed by atoms with van der Waals surface area (Å²) in [5.74, 6) is 0.242. The lowest BCUT2D eigenvalue weighted by molar-refractivity contribution is 0.102. The fraction of sp³-hybridized carbons (Fsp3) is 0.0417. The first kappa shape index (κ1) is 17.9. The number of aromatic nitrogens is 3. The second-order valence-electron chi connectivity index (χ2n) is 6.95. The largest absolute Gasteiger partial charge is 0.423 e. The summed E-state index contributed by atoms with van der Waals surface area (Å²) in [5.41, 5.74) is 4.24. The van der Waals surface area contributed by atoms with Crippen LogP contribution in [0.25, 0.3) is 22.4 Å². The fourth-order valence-corrected chi connectivity index (χ4v) is 3.57. The van der Waals surface area contributed by atoms with Crippen molar-refractivity contribution in [2.45, 2.75) is 6.54 Å². The van der Waals surface area contributed by atoms with Crippen molar-refractivity contribution < 1.29 is 9.21 Å². The predicted octanol–water partition coefficient (Wildman–Crippen LogP) is 4.99. The van der Waals surface area contributed by atoms with Crippen LogP contribution in [0, 0.1) is 0 Å². The standard InChI is InChI=1S/C24H18N4O2/c29-23(26-19-10-6-9-18(13-19)24-27-25-16-30-24)21-15-28(14-17-7-2-1-3-8-17)22-12-5-4-11-20(21)22/h1-13,15-16H,14H2,(H,26,29). The Morgan fingerprint density at radius 2 is 1.80 bits per heavy atom. The zero-order chi connectivity index (χ0) is 20.3. The second kappa shape index (κ2) is 7.67. The Hall–Kier alpha value is -4.19. The molecule has 0 aliphatic rings. The third-order valence-electron chi connectivity index (χ3n) is 4.96. The predicted molar refractivity (Wildman–Crippen MR) is 115 cm³/mol. The summed E-state index contributed by atoms with van der Waals surface area (Å²) in [6, 6.07) is 25.5. The van der Waals surface area contributed by atoms with Gasteiger partial charge in [0, 0.05) is 34.9 Å². The van der Waals surface area contributed by atoms with E-state index in [2.05, 4.69) is 32.2 Å². The Morgan fingerprint density at radius 3 is 2.63 bits per heavy atom. The van der Waals surface area contributed by atoms with Crippen LogP contribution in [-0.4, -0.2) is 20.7 Å². The molecule has 0 fully saturated rings. The van der Waals surface area contributed by atoms with Crippen molar-refractivity contribution in [1.82, 2.24) is 14.8 Å². The van der Waals surface area contributed by atoms with Crippen LogP contribution >= 0.6 is 0 Å². The molecule has 30 heavy (non-hydrogen) atoms. The van der Waals surface area contributed by atoms with E-state index >= 15 is 0 Å². The molecule has 2 aromatic heterocycles. The smallest absolute Gasteiger partial charge is 0.257 e. The molecule has 6 nitrogen and oxygen atoms in total. The van der Waals surface area contributed by atoms with Gasteiger partial charge < -0.3 is 14.3 Å². The molecule has 1 N–H and O–H groups in total. The number of para-hydroxylation sites is 1. The molecule has 1 amide bonds. The summed E-state index contributed by atoms with van der Waals surface area (Å²) in [4.78, 5) is 13.1. The van der Waals surface area contributed by atoms with Gasteiger partial charge in [-0.3, -0.25) is 4.79 Å². The van der Waals surface area contributed by atoms with Crippen LogP contribution in [0.3, 0.4) is 0 Å². The number of benzene rings is 3. The van der Waals surface area contributed by atoms with Gasteiger partial charge in [0.1, 0.15) is 0 Å². The van der Waals surface area contributed by atoms with Gasteiger partial charge in [0.2, 0.25) is 12.3 Å². The van der Waals surface area contributed by atoms with Crippen molar-refractivity contribution in [1.29, 1.82) is 0 Å². The van der Waals surface area contributed by atoms with Crippen molar-refractivity contribution in [3.8, 4) is 11.5 Å². The van der Waals surface area contributed by atoms with E-state index in [1.165, 1.54) is 12.0 Å². The van der Waals surface area contributed by atoms with Gasteiger partial charge in [-0.2, -0.15) is 0 Å². The first-order chi connectivity index (χ1) is 14.8. The van der Waals surface area contributed by atoms with Gasteiger partial charge in [0.25, 0.3) is 5.91 Å². The van der Waals surface area contributed by atoms with Crippen LogP contribution in [0.2, 0.25) is 0 Å². The molecule has 5 aromatic rings. The SMILES string of the molecule is O=C(Nc1cccc(-c2nnco2)c1)c1cn(Cc2ccccc2)c2ccccc12. The highest BCUT2D eigenvalue weighted by Gasteiger charge is 2.16. The third-order valence-corrected chi connectivity index (χ3v) is 4.96. The van der Waals surface area contributed by atoms with Crippen LogP contribution in [0.15, 0.2) is 95.9 Å². The zero-order valence-electron chi connectivity index (χ0n) is 16.0. The van der Waals surface area contributed by atoms with E-state index in [9.17, 15) is 4.79 Å². The van der Waals surface area contributed by atoms with Gasteiger partial charge in [-0.05, 0) is 29.8 Å². The third kappa shape index (κ3) is 3.46. The Bertz CT molecular complexity index is 1310. The summed E-state index contributed by atoms with van der Waals surface area (Å²) in [7, 11) is 0. The number of hydrogen-bond donors (Lipinski definition) is 1. The van der Waals surface area contributed by atoms with E-state index in [0.717, 1.165) is 16.5 Å². The number of hydrogen-bond acceptors (Lipinski definition) is 4. The van der Waals surface area contributed by atoms with Gasteiger partial charge in [-0.25, -0.2) is 0 Å². The van der Waals surface area contributed by atoms with Crippen molar-refractivity contribution in [2.24, 2.45) is 0 Å². The molecule has 0 aliphatic heterocycles. The van der Waals surface area contributed by atoms with E-state index < -0.39 is 0 Å². The maximum absolute atomic E-state index is 13.1. The zero-order valence-corrected chi connectivity index (χ0v) is 16.0. The molecule has 0 atom stereocenters. The first-order valence-electron chi connectivity index (χ1n) is 9.58. The molecule has 0 radical (unpaired) electrons. The van der Waals surface area contributed by atoms with Crippen LogP contribution in [0.1, 0.15) is 15.9 Å². The number of nitrogens with zero attached hydrogens (tertiary/aromatic N) is 3. The van der Waals surface area contributed by atoms with E-state index in [4.69, 9.17) is 4.42 Å². The van der Waals surface area contributed by atoms with Crippen molar-refractivity contribution >= 4 is 22.5 Å². The Morgan fingerprint density at radius 1 is 0.967 bits per heavy atom. The number of carbonyl (C=O) groups is 1. The van der Waals surface area contributed by atoms with Gasteiger partial charge in [0.05, 0.1) is 5.56 Å². The van der Waals surface area contributed by atoms with E-state index in [-0.39, 0.29) is 5.91 Å². The van der Waals surface area contributed by atoms with Gasteiger partial charge in [0.15, 0.2) is 0 Å². The number of anilines is 1. The minimum Gasteiger partial charge on any atom is -0.423 e. The highest BCUT2D eigenvalue weighted by Crippen LogP contribution is 2.25. The Balaban J connectivity index is 1.46. The number of rotatable bonds is 5. The summed E-state index contributed by atoms with van der Waals surface area (Å²) < 4.78 is 7.35. The highest BCUT2D eigenvalue weighted by molar-refractivity contribution is 6.13. The molecule has 0 saturated carbocycles. The van der Waals surface area contributed by atoms with Crippen molar-refractivity contribution in [2.75, 3.05) is 5.32 Å². The van der Waals surface area contributed by atoms with Crippen molar-refractivity contribution in [3.63, 3.8) is 0 Å². The highest BCUT2D eigenvalue weighted by atomic mass is 16.4. The summed E-state index contributed by atoms with van der Waals surface area (Å²) in [5, 5.41) is 11.5. The van der Waals surface area contributed by atoms with Crippen molar-refractivity contribution in [3.05, 3.63) is 103 Å². The molecule has 0 bridgehead atoms. The monoisotopic (exact) mass is 394 g/mol. The maximum atomic E-state index is 13.1. The minimum atomic E-state index is -0.166. The molecule has 0 saturated heterocycles. The average molecular weight is 394 g/mol. The second-order valence-corrected chi connectivity index (χ2v) is 6.95. The molecule has 3 aromatic carbocycles. The lowest BCUT2D eigenvalue weighted by Crippen LogP contribution is -2.11. The Labute approximate surface area is 172 Å². The van der Waals surface area contributed by atoms with Crippen LogP contribution < -0.4 is 5.32 Å². The topological polar surface area (TPSA) is 73.0 Å². The lowest BCUT2D eigenvalue weighted by Gasteiger charge is -2.06. The van der Waals surface area contributed by atoms with Crippen LogP contribution in [0.5, 0.6) is 0 Å². The average Bonchev–Trinajstić information content (AvgIpc) is 3.44. The van der Waals surface area contributed by atoms with E-state index in [1.54, 1.807) is 0 Å². The number of carbonyl (C=O) groups excluding carboxylic acids is 1. The van der Waals surface area contributed by atoms with E-state index in [1.807, 2.05) is 72.9 Å². The summed E-state index contributed by atoms with van der Waals surface area (Å²) in [6.45, 7) is 0.696. The normalized spacial score (nSPS) is 10.9. The molecular formula is C24H18N4O2. The fourth-order valence-electron chi connectivity index (χ4n) is 3.57. The maximum Gasteiger partial charge on any atom is 0.257 e. The summed E-state index contributed by atoms with van der Waals surface area (Å²) in [6.07, 6.45) is 3.19. The molecule has 146 valence electrons. The molecule has 5 rings (SSSR count). The molecule has 0 aliphatic carbocycles. The van der Waals surface area contributed by atoms with Crippen LogP contribution in [-0.2, 0) is 6.54 Å². The molecule has 2 heterocycles. The Kier molecular flexibility index (Phi) is 4.57. The van der Waals surface area contributed by atoms with Gasteiger partial charge in [-0.15, -0.1) is 10.2 Å². The number of fused-ring (bicyclic) bond motifs is 1. The van der Waals surface area contributed by atoms with Gasteiger partial charge >= 0.3 is 0 Å². The lowest BCUT2D eigenvalue weighted by atomic mass is 10.1. The molecule has 6 heteroatoms. The number of amides is 1. The molecule has 0 spiro atoms. The number of nitrogens with one attached hydrogen (secondary N) is 1. The molecular weight excluding hydrogens is 376 g/mol. The van der Waals surface area contributed by atoms with Crippen LogP contribution in [0.4, 0.5) is 5.69 Å². The summed E-state index contributed by atoms with van der Waals surface area (Å²) >= 11 is 0.